The molecule has 1 aromatic rings. The zero-order valence-corrected chi connectivity index (χ0v) is 7.83. The fourth-order valence-corrected chi connectivity index (χ4v) is 1.19. The summed E-state index contributed by atoms with van der Waals surface area (Å²) in [6.07, 6.45) is 0.600. The van der Waals surface area contributed by atoms with Crippen molar-refractivity contribution in [2.45, 2.75) is 0 Å². The average Bonchev–Trinajstić information content (AvgIpc) is 2.03. The van der Waals surface area contributed by atoms with Gasteiger partial charge in [-0.2, -0.15) is 0 Å². The lowest BCUT2D eigenvalue weighted by atomic mass is 10.2. The summed E-state index contributed by atoms with van der Waals surface area (Å²) >= 11 is 2.18. The van der Waals surface area contributed by atoms with E-state index in [9.17, 15) is 4.79 Å². The van der Waals surface area contributed by atoms with E-state index < -0.39 is 0 Å². The molecule has 1 aromatic carbocycles. The second-order valence-electron chi connectivity index (χ2n) is 1.87. The van der Waals surface area contributed by atoms with Crippen LogP contribution in [0.15, 0.2) is 24.3 Å². The van der Waals surface area contributed by atoms with Crippen LogP contribution in [0.4, 0.5) is 0 Å². The van der Waals surface area contributed by atoms with E-state index in [0.29, 0.717) is 6.29 Å². The first-order valence-electron chi connectivity index (χ1n) is 3.04. The molecule has 0 spiro atoms. The number of aldehydes is 1. The molecule has 2 heteroatoms. The monoisotopic (exact) mass is 256 g/mol. The predicted octanol–water partition coefficient (Wildman–Crippen LogP) is 1.84. The maximum Gasteiger partial charge on any atom is 0.193 e. The van der Waals surface area contributed by atoms with E-state index in [0.717, 1.165) is 9.13 Å². The minimum atomic E-state index is 0.600. The number of halogens is 1. The maximum absolute atomic E-state index is 9.91. The van der Waals surface area contributed by atoms with Crippen LogP contribution >= 0.6 is 22.6 Å². The zero-order valence-electron chi connectivity index (χ0n) is 5.67. The molecule has 0 aliphatic heterocycles. The van der Waals surface area contributed by atoms with E-state index in [1.165, 1.54) is 0 Å². The summed E-state index contributed by atoms with van der Waals surface area (Å²) in [5.41, 5.74) is 0.903. The summed E-state index contributed by atoms with van der Waals surface area (Å²) in [6.45, 7) is 0. The van der Waals surface area contributed by atoms with Crippen molar-refractivity contribution < 1.29 is 4.79 Å². The van der Waals surface area contributed by atoms with Gasteiger partial charge in [-0.05, 0) is 40.6 Å². The molecule has 0 N–H and O–H groups in total. The normalized spacial score (nSPS) is 8.09. The lowest BCUT2D eigenvalue weighted by Gasteiger charge is -1.91. The summed E-state index contributed by atoms with van der Waals surface area (Å²) in [4.78, 5) is 9.91. The lowest BCUT2D eigenvalue weighted by Crippen LogP contribution is -1.78. The van der Waals surface area contributed by atoms with Crippen LogP contribution in [0.3, 0.4) is 0 Å². The fraction of sp³-hybridized carbons (Fsp3) is 0. The van der Waals surface area contributed by atoms with Crippen LogP contribution in [-0.4, -0.2) is 6.29 Å². The molecule has 0 bridgehead atoms. The van der Waals surface area contributed by atoms with Crippen LogP contribution in [0.25, 0.3) is 0 Å². The minimum Gasteiger partial charge on any atom is -0.289 e. The second-order valence-corrected chi connectivity index (χ2v) is 3.03. The Morgan fingerprint density at radius 2 is 2.09 bits per heavy atom. The molecular weight excluding hydrogens is 251 g/mol. The van der Waals surface area contributed by atoms with E-state index in [1.807, 2.05) is 24.3 Å². The quantitative estimate of drug-likeness (QED) is 0.393. The molecule has 0 radical (unpaired) electrons. The Kier molecular flexibility index (Phi) is 3.12. The lowest BCUT2D eigenvalue weighted by molar-refractivity contribution is -0.103. The molecule has 0 heterocycles. The van der Waals surface area contributed by atoms with Crippen LogP contribution in [0.2, 0.25) is 0 Å². The molecule has 0 aliphatic rings. The fourth-order valence-electron chi connectivity index (χ4n) is 0.670. The van der Waals surface area contributed by atoms with E-state index in [4.69, 9.17) is 0 Å². The Hall–Kier alpha value is -0.820. The van der Waals surface area contributed by atoms with Gasteiger partial charge >= 0.3 is 0 Å². The van der Waals surface area contributed by atoms with Crippen molar-refractivity contribution in [3.8, 4) is 11.8 Å². The third kappa shape index (κ3) is 2.35. The summed E-state index contributed by atoms with van der Waals surface area (Å²) in [6, 6.07) is 7.68. The number of benzene rings is 1. The minimum absolute atomic E-state index is 0.600. The molecular formula is C9H5IO. The van der Waals surface area contributed by atoms with Crippen molar-refractivity contribution in [1.29, 1.82) is 0 Å². The Morgan fingerprint density at radius 3 is 2.73 bits per heavy atom. The Balaban J connectivity index is 3.03. The summed E-state index contributed by atoms with van der Waals surface area (Å²) in [5, 5.41) is 0. The third-order valence-corrected chi connectivity index (χ3v) is 2.08. The van der Waals surface area contributed by atoms with Crippen molar-refractivity contribution in [2.24, 2.45) is 0 Å². The summed E-state index contributed by atoms with van der Waals surface area (Å²) in [5.74, 6) is 5.11. The molecule has 0 saturated heterocycles. The SMILES string of the molecule is O=CC#Cc1ccccc1I. The zero-order chi connectivity index (χ0) is 8.10. The molecule has 1 rings (SSSR count). The van der Waals surface area contributed by atoms with Crippen LogP contribution in [0.5, 0.6) is 0 Å². The Bertz CT molecular complexity index is 320. The highest BCUT2D eigenvalue weighted by Crippen LogP contribution is 2.08. The van der Waals surface area contributed by atoms with Crippen LogP contribution in [0, 0.1) is 15.4 Å². The van der Waals surface area contributed by atoms with E-state index in [1.54, 1.807) is 0 Å². The Morgan fingerprint density at radius 1 is 1.36 bits per heavy atom. The number of carbonyl (C=O) groups is 1. The van der Waals surface area contributed by atoms with Gasteiger partial charge in [0, 0.05) is 9.13 Å². The largest absolute Gasteiger partial charge is 0.289 e. The molecule has 54 valence electrons. The summed E-state index contributed by atoms with van der Waals surface area (Å²) < 4.78 is 1.07. The molecule has 1 nitrogen and oxygen atoms in total. The first-order valence-corrected chi connectivity index (χ1v) is 4.12. The van der Waals surface area contributed by atoms with Crippen molar-refractivity contribution in [3.05, 3.63) is 33.4 Å². The number of hydrogen-bond donors (Lipinski definition) is 0. The molecule has 0 saturated carbocycles. The van der Waals surface area contributed by atoms with Gasteiger partial charge in [0.15, 0.2) is 6.29 Å². The molecule has 0 atom stereocenters. The standard InChI is InChI=1S/C9H5IO/c10-9-6-2-1-4-8(9)5-3-7-11/h1-2,4,6-7H. The van der Waals surface area contributed by atoms with Gasteiger partial charge in [0.1, 0.15) is 0 Å². The number of rotatable bonds is 0. The molecule has 0 fully saturated rings. The highest BCUT2D eigenvalue weighted by molar-refractivity contribution is 14.1. The molecule has 11 heavy (non-hydrogen) atoms. The molecule has 0 aliphatic carbocycles. The van der Waals surface area contributed by atoms with Crippen molar-refractivity contribution in [3.63, 3.8) is 0 Å². The van der Waals surface area contributed by atoms with Gasteiger partial charge in [-0.25, -0.2) is 0 Å². The molecule has 0 amide bonds. The number of carbonyl (C=O) groups excluding carboxylic acids is 1. The second kappa shape index (κ2) is 4.14. The van der Waals surface area contributed by atoms with Gasteiger partial charge in [0.25, 0.3) is 0 Å². The van der Waals surface area contributed by atoms with Gasteiger partial charge < -0.3 is 0 Å². The predicted molar refractivity (Wildman–Crippen MR) is 52.1 cm³/mol. The summed E-state index contributed by atoms with van der Waals surface area (Å²) in [7, 11) is 0. The van der Waals surface area contributed by atoms with E-state index in [2.05, 4.69) is 34.4 Å². The van der Waals surface area contributed by atoms with Gasteiger partial charge in [-0.1, -0.05) is 18.1 Å². The highest BCUT2D eigenvalue weighted by Gasteiger charge is 1.90. The van der Waals surface area contributed by atoms with Gasteiger partial charge in [0.05, 0.1) is 0 Å². The van der Waals surface area contributed by atoms with Crippen molar-refractivity contribution >= 4 is 28.9 Å². The smallest absolute Gasteiger partial charge is 0.193 e. The average molecular weight is 256 g/mol. The molecule has 0 unspecified atom stereocenters. The van der Waals surface area contributed by atoms with Gasteiger partial charge in [-0.15, -0.1) is 0 Å². The first kappa shape index (κ1) is 8.28. The van der Waals surface area contributed by atoms with E-state index in [-0.39, 0.29) is 0 Å². The van der Waals surface area contributed by atoms with Crippen molar-refractivity contribution in [1.82, 2.24) is 0 Å². The first-order chi connectivity index (χ1) is 5.34. The van der Waals surface area contributed by atoms with Gasteiger partial charge in [0.2, 0.25) is 0 Å². The van der Waals surface area contributed by atoms with Crippen LogP contribution in [-0.2, 0) is 4.79 Å². The van der Waals surface area contributed by atoms with Crippen LogP contribution in [0.1, 0.15) is 5.56 Å². The van der Waals surface area contributed by atoms with Gasteiger partial charge in [-0.3, -0.25) is 4.79 Å². The van der Waals surface area contributed by atoms with E-state index >= 15 is 0 Å². The number of hydrogen-bond acceptors (Lipinski definition) is 1. The highest BCUT2D eigenvalue weighted by atomic mass is 127. The third-order valence-electron chi connectivity index (χ3n) is 1.14. The van der Waals surface area contributed by atoms with Crippen molar-refractivity contribution in [2.75, 3.05) is 0 Å². The topological polar surface area (TPSA) is 17.1 Å². The Labute approximate surface area is 78.9 Å². The van der Waals surface area contributed by atoms with Crippen LogP contribution < -0.4 is 0 Å². The maximum atomic E-state index is 9.91. The molecule has 0 aromatic heterocycles.